The molecule has 0 radical (unpaired) electrons. The number of benzene rings is 1. The number of rotatable bonds is 6. The fourth-order valence-corrected chi connectivity index (χ4v) is 5.46. The molecule has 1 aromatic rings. The average Bonchev–Trinajstić information content (AvgIpc) is 2.60. The molecule has 1 aromatic carbocycles. The molecule has 1 aliphatic heterocycles. The molecule has 2 fully saturated rings. The van der Waals surface area contributed by atoms with E-state index >= 15 is 0 Å². The third-order valence-electron chi connectivity index (χ3n) is 5.64. The quantitative estimate of drug-likeness (QED) is 0.716. The Kier molecular flexibility index (Phi) is 7.12. The van der Waals surface area contributed by atoms with Crippen LogP contribution < -0.4 is 5.32 Å². The Labute approximate surface area is 175 Å². The maximum absolute atomic E-state index is 12.6. The van der Waals surface area contributed by atoms with Crippen LogP contribution in [-0.2, 0) is 4.79 Å². The van der Waals surface area contributed by atoms with E-state index in [-0.39, 0.29) is 16.6 Å². The van der Waals surface area contributed by atoms with Gasteiger partial charge in [-0.25, -0.2) is 0 Å². The first kappa shape index (κ1) is 21.0. The number of nitrogens with one attached hydrogen (secondary N) is 1. The van der Waals surface area contributed by atoms with Crippen molar-refractivity contribution in [2.75, 3.05) is 25.4 Å². The number of nitrogens with zero attached hydrogens (tertiary/aromatic N) is 1. The lowest BCUT2D eigenvalue weighted by Crippen LogP contribution is -2.64. The summed E-state index contributed by atoms with van der Waals surface area (Å²) in [4.78, 5) is 26.4. The number of hydrogen-bond acceptors (Lipinski definition) is 4. The largest absolute Gasteiger partial charge is 0.350 e. The molecule has 148 valence electrons. The SMILES string of the molecule is CC(=O)SCC1CC(CNC(=O)c2ccc(Cl)cc2Cl)(N2CCCCC2)C1. The Morgan fingerprint density at radius 3 is 2.56 bits per heavy atom. The van der Waals surface area contributed by atoms with Gasteiger partial charge in [-0.2, -0.15) is 0 Å². The molecule has 0 bridgehead atoms. The average molecular weight is 429 g/mol. The summed E-state index contributed by atoms with van der Waals surface area (Å²) in [6, 6.07) is 4.94. The number of thioether (sulfide) groups is 1. The predicted molar refractivity (Wildman–Crippen MR) is 113 cm³/mol. The molecule has 3 rings (SSSR count). The van der Waals surface area contributed by atoms with Crippen molar-refractivity contribution in [1.29, 1.82) is 0 Å². The normalized spacial score (nSPS) is 25.7. The van der Waals surface area contributed by atoms with Crippen molar-refractivity contribution in [2.45, 2.75) is 44.6 Å². The van der Waals surface area contributed by atoms with Crippen LogP contribution in [0, 0.1) is 5.92 Å². The monoisotopic (exact) mass is 428 g/mol. The third-order valence-corrected chi connectivity index (χ3v) is 7.23. The highest BCUT2D eigenvalue weighted by Crippen LogP contribution is 2.44. The molecule has 2 aliphatic rings. The van der Waals surface area contributed by atoms with E-state index in [9.17, 15) is 9.59 Å². The zero-order valence-corrected chi connectivity index (χ0v) is 17.9. The molecule has 0 unspecified atom stereocenters. The number of likely N-dealkylation sites (tertiary alicyclic amines) is 1. The minimum atomic E-state index is -0.158. The van der Waals surface area contributed by atoms with Gasteiger partial charge in [0.2, 0.25) is 0 Å². The number of piperidine rings is 1. The Morgan fingerprint density at radius 2 is 1.93 bits per heavy atom. The van der Waals surface area contributed by atoms with Crippen LogP contribution in [-0.4, -0.2) is 46.8 Å². The Hall–Kier alpha value is -0.750. The Bertz CT molecular complexity index is 701. The van der Waals surface area contributed by atoms with Crippen LogP contribution in [0.1, 0.15) is 49.4 Å². The zero-order chi connectivity index (χ0) is 19.4. The van der Waals surface area contributed by atoms with Crippen LogP contribution in [0.2, 0.25) is 10.0 Å². The second kappa shape index (κ2) is 9.17. The lowest BCUT2D eigenvalue weighted by atomic mass is 9.67. The Morgan fingerprint density at radius 1 is 1.22 bits per heavy atom. The minimum Gasteiger partial charge on any atom is -0.350 e. The maximum Gasteiger partial charge on any atom is 0.252 e. The summed E-state index contributed by atoms with van der Waals surface area (Å²) in [5.74, 6) is 1.26. The molecule has 7 heteroatoms. The van der Waals surface area contributed by atoms with Crippen LogP contribution in [0.3, 0.4) is 0 Å². The van der Waals surface area contributed by atoms with Crippen molar-refractivity contribution in [3.05, 3.63) is 33.8 Å². The standard InChI is InChI=1S/C20H26Cl2N2O2S/c1-14(25)27-12-15-10-20(11-15,24-7-3-2-4-8-24)13-23-19(26)17-6-5-16(21)9-18(17)22/h5-6,9,15H,2-4,7-8,10-13H2,1H3,(H,23,26). The molecule has 1 heterocycles. The molecule has 0 spiro atoms. The van der Waals surface area contributed by atoms with Gasteiger partial charge in [-0.3, -0.25) is 14.5 Å². The van der Waals surface area contributed by atoms with Crippen molar-refractivity contribution in [3.63, 3.8) is 0 Å². The van der Waals surface area contributed by atoms with Gasteiger partial charge in [0.25, 0.3) is 5.91 Å². The first-order chi connectivity index (χ1) is 12.9. The topological polar surface area (TPSA) is 49.4 Å². The first-order valence-corrected chi connectivity index (χ1v) is 11.3. The van der Waals surface area contributed by atoms with Gasteiger partial charge in [0, 0.05) is 29.8 Å². The number of carbonyl (C=O) groups is 2. The smallest absolute Gasteiger partial charge is 0.252 e. The van der Waals surface area contributed by atoms with Crippen molar-refractivity contribution in [3.8, 4) is 0 Å². The van der Waals surface area contributed by atoms with Crippen molar-refractivity contribution >= 4 is 46.0 Å². The minimum absolute atomic E-state index is 0.0109. The summed E-state index contributed by atoms with van der Waals surface area (Å²) in [5.41, 5.74) is 0.467. The molecule has 1 saturated carbocycles. The van der Waals surface area contributed by atoms with E-state index in [1.807, 2.05) is 0 Å². The van der Waals surface area contributed by atoms with E-state index in [0.29, 0.717) is 28.1 Å². The van der Waals surface area contributed by atoms with Crippen molar-refractivity contribution in [1.82, 2.24) is 10.2 Å². The molecule has 0 aromatic heterocycles. The summed E-state index contributed by atoms with van der Waals surface area (Å²) >= 11 is 13.5. The summed E-state index contributed by atoms with van der Waals surface area (Å²) in [6.07, 6.45) is 5.77. The van der Waals surface area contributed by atoms with E-state index in [1.165, 1.54) is 31.0 Å². The number of halogens is 2. The van der Waals surface area contributed by atoms with Gasteiger partial charge >= 0.3 is 0 Å². The molecule has 4 nitrogen and oxygen atoms in total. The molecule has 27 heavy (non-hydrogen) atoms. The second-order valence-electron chi connectivity index (χ2n) is 7.66. The van der Waals surface area contributed by atoms with Crippen molar-refractivity contribution in [2.24, 2.45) is 5.92 Å². The van der Waals surface area contributed by atoms with E-state index in [0.717, 1.165) is 31.7 Å². The summed E-state index contributed by atoms with van der Waals surface area (Å²) in [7, 11) is 0. The predicted octanol–water partition coefficient (Wildman–Crippen LogP) is 4.64. The molecular weight excluding hydrogens is 403 g/mol. The molecule has 1 aliphatic carbocycles. The molecule has 0 atom stereocenters. The molecular formula is C20H26Cl2N2O2S. The van der Waals surface area contributed by atoms with Gasteiger partial charge in [-0.15, -0.1) is 0 Å². The van der Waals surface area contributed by atoms with Crippen LogP contribution in [0.25, 0.3) is 0 Å². The van der Waals surface area contributed by atoms with Crippen LogP contribution in [0.4, 0.5) is 0 Å². The molecule has 1 N–H and O–H groups in total. The van der Waals surface area contributed by atoms with Gasteiger partial charge in [-0.1, -0.05) is 41.4 Å². The van der Waals surface area contributed by atoms with Crippen molar-refractivity contribution < 1.29 is 9.59 Å². The van der Waals surface area contributed by atoms with Gasteiger partial charge in [0.15, 0.2) is 5.12 Å². The van der Waals surface area contributed by atoms with Gasteiger partial charge in [0.1, 0.15) is 0 Å². The maximum atomic E-state index is 12.6. The van der Waals surface area contributed by atoms with E-state index < -0.39 is 0 Å². The summed E-state index contributed by atoms with van der Waals surface area (Å²) in [5, 5.41) is 4.17. The third kappa shape index (κ3) is 5.20. The number of amides is 1. The number of carbonyl (C=O) groups excluding carboxylic acids is 2. The molecule has 1 amide bonds. The van der Waals surface area contributed by atoms with Gasteiger partial charge in [-0.05, 0) is 62.9 Å². The highest BCUT2D eigenvalue weighted by Gasteiger charge is 2.48. The summed E-state index contributed by atoms with van der Waals surface area (Å²) in [6.45, 7) is 4.41. The zero-order valence-electron chi connectivity index (χ0n) is 15.6. The second-order valence-corrected chi connectivity index (χ2v) is 9.70. The van der Waals surface area contributed by atoms with E-state index in [2.05, 4.69) is 10.2 Å². The number of hydrogen-bond donors (Lipinski definition) is 1. The highest BCUT2D eigenvalue weighted by molar-refractivity contribution is 8.13. The Balaban J connectivity index is 1.63. The van der Waals surface area contributed by atoms with Crippen LogP contribution >= 0.6 is 35.0 Å². The lowest BCUT2D eigenvalue weighted by molar-refractivity contribution is -0.109. The van der Waals surface area contributed by atoms with E-state index in [1.54, 1.807) is 25.1 Å². The lowest BCUT2D eigenvalue weighted by Gasteiger charge is -2.55. The first-order valence-electron chi connectivity index (χ1n) is 9.51. The van der Waals surface area contributed by atoms with Crippen LogP contribution in [0.5, 0.6) is 0 Å². The summed E-state index contributed by atoms with van der Waals surface area (Å²) < 4.78 is 0. The van der Waals surface area contributed by atoms with Gasteiger partial charge < -0.3 is 5.32 Å². The highest BCUT2D eigenvalue weighted by atomic mass is 35.5. The van der Waals surface area contributed by atoms with Crippen LogP contribution in [0.15, 0.2) is 18.2 Å². The van der Waals surface area contributed by atoms with E-state index in [4.69, 9.17) is 23.2 Å². The molecule has 1 saturated heterocycles. The fourth-order valence-electron chi connectivity index (χ4n) is 4.26. The van der Waals surface area contributed by atoms with Gasteiger partial charge in [0.05, 0.1) is 10.6 Å². The fraction of sp³-hybridized carbons (Fsp3) is 0.600.